The predicted molar refractivity (Wildman–Crippen MR) is 118 cm³/mol. The first-order valence-electron chi connectivity index (χ1n) is 12.4. The van der Waals surface area contributed by atoms with Gasteiger partial charge in [-0.2, -0.15) is 0 Å². The standard InChI is InChI=1S/C24H33N5O3/c30-21(28-19-15-7-13-8-16(19)11-24(32,9-13)10-15)17-12-26-23(27-18-5-6-25-22(18)31)29-20(17)14-3-1-2-4-14/h12-16,18-19,32H,1-11H2,(H,25,31)(H,28,30)(H,26,27,29)/t13?,15?,16?,18-,19-,24+/m0/s1. The van der Waals surface area contributed by atoms with E-state index in [4.69, 9.17) is 4.98 Å². The maximum atomic E-state index is 13.5. The molecule has 2 amide bonds. The molecular weight excluding hydrogens is 406 g/mol. The molecule has 7 rings (SSSR count). The van der Waals surface area contributed by atoms with E-state index < -0.39 is 5.60 Å². The fourth-order valence-electron chi connectivity index (χ4n) is 7.48. The van der Waals surface area contributed by atoms with Crippen LogP contribution in [-0.4, -0.2) is 51.1 Å². The summed E-state index contributed by atoms with van der Waals surface area (Å²) in [7, 11) is 0. The Hall–Kier alpha value is -2.22. The molecule has 8 nitrogen and oxygen atoms in total. The fourth-order valence-corrected chi connectivity index (χ4v) is 7.48. The largest absolute Gasteiger partial charge is 0.390 e. The van der Waals surface area contributed by atoms with Crippen molar-refractivity contribution in [2.45, 2.75) is 87.8 Å². The summed E-state index contributed by atoms with van der Waals surface area (Å²) in [5.41, 5.74) is 0.888. The number of nitrogens with zero attached hydrogens (tertiary/aromatic N) is 2. The van der Waals surface area contributed by atoms with E-state index in [1.165, 1.54) is 0 Å². The second-order valence-electron chi connectivity index (χ2n) is 10.9. The van der Waals surface area contributed by atoms with Crippen molar-refractivity contribution in [1.29, 1.82) is 0 Å². The molecule has 0 aromatic carbocycles. The van der Waals surface area contributed by atoms with E-state index >= 15 is 0 Å². The molecule has 4 bridgehead atoms. The third-order valence-electron chi connectivity index (χ3n) is 8.70. The lowest BCUT2D eigenvalue weighted by Crippen LogP contribution is -2.61. The molecule has 8 heteroatoms. The van der Waals surface area contributed by atoms with E-state index in [1.54, 1.807) is 6.20 Å². The molecule has 1 aliphatic heterocycles. The van der Waals surface area contributed by atoms with Crippen molar-refractivity contribution in [2.75, 3.05) is 11.9 Å². The maximum absolute atomic E-state index is 13.5. The SMILES string of the molecule is O=C(N[C@H]1C2CC3CC1C[C@@](O)(C3)C2)c1cnc(N[C@H]2CCNC2=O)nc1C1CCCC1. The number of hydrogen-bond donors (Lipinski definition) is 4. The molecule has 5 aliphatic carbocycles. The zero-order valence-electron chi connectivity index (χ0n) is 18.5. The average Bonchev–Trinajstić information content (AvgIpc) is 3.42. The van der Waals surface area contributed by atoms with Gasteiger partial charge >= 0.3 is 0 Å². The van der Waals surface area contributed by atoms with Gasteiger partial charge < -0.3 is 21.1 Å². The van der Waals surface area contributed by atoms with Gasteiger partial charge in [0.25, 0.3) is 5.91 Å². The van der Waals surface area contributed by atoms with Crippen molar-refractivity contribution in [3.05, 3.63) is 17.5 Å². The van der Waals surface area contributed by atoms with Crippen LogP contribution in [0.1, 0.15) is 86.2 Å². The molecule has 1 aromatic rings. The number of aliphatic hydroxyl groups is 1. The predicted octanol–water partition coefficient (Wildman–Crippen LogP) is 2.10. The summed E-state index contributed by atoms with van der Waals surface area (Å²) in [6.45, 7) is 0.659. The lowest BCUT2D eigenvalue weighted by atomic mass is 9.52. The van der Waals surface area contributed by atoms with Crippen molar-refractivity contribution < 1.29 is 14.7 Å². The van der Waals surface area contributed by atoms with Gasteiger partial charge in [-0.25, -0.2) is 9.97 Å². The van der Waals surface area contributed by atoms with E-state index in [9.17, 15) is 14.7 Å². The van der Waals surface area contributed by atoms with E-state index in [2.05, 4.69) is 20.9 Å². The summed E-state index contributed by atoms with van der Waals surface area (Å²) >= 11 is 0. The van der Waals surface area contributed by atoms with Crippen LogP contribution in [0, 0.1) is 17.8 Å². The third kappa shape index (κ3) is 3.56. The summed E-state index contributed by atoms with van der Waals surface area (Å²) in [6, 6.07) is -0.180. The van der Waals surface area contributed by atoms with Crippen LogP contribution in [-0.2, 0) is 4.79 Å². The smallest absolute Gasteiger partial charge is 0.254 e. The first-order valence-corrected chi connectivity index (χ1v) is 12.4. The van der Waals surface area contributed by atoms with Crippen LogP contribution in [0.15, 0.2) is 6.20 Å². The molecule has 5 saturated carbocycles. The Balaban J connectivity index is 1.23. The minimum absolute atomic E-state index is 0.0265. The molecule has 0 radical (unpaired) electrons. The van der Waals surface area contributed by atoms with Gasteiger partial charge in [-0.15, -0.1) is 0 Å². The number of rotatable bonds is 5. The molecule has 0 spiro atoms. The van der Waals surface area contributed by atoms with Crippen LogP contribution in [0.5, 0.6) is 0 Å². The molecule has 2 heterocycles. The highest BCUT2D eigenvalue weighted by Gasteiger charge is 2.55. The quantitative estimate of drug-likeness (QED) is 0.558. The van der Waals surface area contributed by atoms with Gasteiger partial charge in [0, 0.05) is 24.7 Å². The minimum atomic E-state index is -0.504. The molecule has 6 aliphatic rings. The summed E-state index contributed by atoms with van der Waals surface area (Å²) in [5.74, 6) is 1.93. The second kappa shape index (κ2) is 7.68. The monoisotopic (exact) mass is 439 g/mol. The van der Waals surface area contributed by atoms with Gasteiger partial charge in [-0.05, 0) is 69.1 Å². The first kappa shape index (κ1) is 20.4. The number of nitrogens with one attached hydrogen (secondary N) is 3. The molecule has 4 N–H and O–H groups in total. The summed E-state index contributed by atoms with van der Waals surface area (Å²) in [4.78, 5) is 34.6. The van der Waals surface area contributed by atoms with Crippen molar-refractivity contribution in [2.24, 2.45) is 17.8 Å². The van der Waals surface area contributed by atoms with Crippen molar-refractivity contribution in [1.82, 2.24) is 20.6 Å². The van der Waals surface area contributed by atoms with Crippen LogP contribution in [0.25, 0.3) is 0 Å². The Labute approximate surface area is 188 Å². The highest BCUT2D eigenvalue weighted by Crippen LogP contribution is 2.55. The molecule has 3 atom stereocenters. The van der Waals surface area contributed by atoms with Crippen molar-refractivity contribution >= 4 is 17.8 Å². The van der Waals surface area contributed by atoms with E-state index in [-0.39, 0.29) is 29.8 Å². The van der Waals surface area contributed by atoms with Gasteiger partial charge in [-0.3, -0.25) is 9.59 Å². The highest BCUT2D eigenvalue weighted by atomic mass is 16.3. The number of anilines is 1. The van der Waals surface area contributed by atoms with E-state index in [0.717, 1.165) is 63.5 Å². The van der Waals surface area contributed by atoms with Gasteiger partial charge in [0.2, 0.25) is 11.9 Å². The van der Waals surface area contributed by atoms with E-state index in [0.29, 0.717) is 42.2 Å². The molecule has 172 valence electrons. The maximum Gasteiger partial charge on any atom is 0.254 e. The van der Waals surface area contributed by atoms with Crippen LogP contribution in [0.3, 0.4) is 0 Å². The Morgan fingerprint density at radius 1 is 1.12 bits per heavy atom. The number of carbonyl (C=O) groups is 2. The minimum Gasteiger partial charge on any atom is -0.390 e. The van der Waals surface area contributed by atoms with Gasteiger partial charge in [0.05, 0.1) is 16.9 Å². The van der Waals surface area contributed by atoms with Gasteiger partial charge in [0.15, 0.2) is 0 Å². The van der Waals surface area contributed by atoms with Crippen LogP contribution >= 0.6 is 0 Å². The van der Waals surface area contributed by atoms with Crippen molar-refractivity contribution in [3.8, 4) is 0 Å². The normalized spacial score (nSPS) is 38.2. The molecule has 6 fully saturated rings. The van der Waals surface area contributed by atoms with Crippen molar-refractivity contribution in [3.63, 3.8) is 0 Å². The molecular formula is C24H33N5O3. The Kier molecular flexibility index (Phi) is 4.89. The fraction of sp³-hybridized carbons (Fsp3) is 0.750. The Bertz CT molecular complexity index is 914. The Morgan fingerprint density at radius 3 is 2.53 bits per heavy atom. The summed E-state index contributed by atoms with van der Waals surface area (Å²) < 4.78 is 0. The third-order valence-corrected chi connectivity index (χ3v) is 8.70. The molecule has 1 aromatic heterocycles. The second-order valence-corrected chi connectivity index (χ2v) is 10.9. The zero-order chi connectivity index (χ0) is 21.9. The summed E-state index contributed by atoms with van der Waals surface area (Å²) in [6.07, 6.45) is 11.5. The lowest BCUT2D eigenvalue weighted by Gasteiger charge is -2.58. The first-order chi connectivity index (χ1) is 15.5. The highest BCUT2D eigenvalue weighted by molar-refractivity contribution is 5.95. The average molecular weight is 440 g/mol. The number of amides is 2. The van der Waals surface area contributed by atoms with Crippen LogP contribution in [0.4, 0.5) is 5.95 Å². The number of carbonyl (C=O) groups excluding carboxylic acids is 2. The topological polar surface area (TPSA) is 116 Å². The number of aromatic nitrogens is 2. The summed E-state index contributed by atoms with van der Waals surface area (Å²) in [5, 5.41) is 20.2. The zero-order valence-corrected chi connectivity index (χ0v) is 18.5. The van der Waals surface area contributed by atoms with Gasteiger partial charge in [-0.1, -0.05) is 12.8 Å². The van der Waals surface area contributed by atoms with Crippen LogP contribution in [0.2, 0.25) is 0 Å². The molecule has 2 unspecified atom stereocenters. The lowest BCUT2D eigenvalue weighted by molar-refractivity contribution is -0.136. The Morgan fingerprint density at radius 2 is 1.88 bits per heavy atom. The van der Waals surface area contributed by atoms with E-state index in [1.807, 2.05) is 0 Å². The van der Waals surface area contributed by atoms with Gasteiger partial charge in [0.1, 0.15) is 6.04 Å². The van der Waals surface area contributed by atoms with Crippen LogP contribution < -0.4 is 16.0 Å². The number of hydrogen-bond acceptors (Lipinski definition) is 6. The molecule has 32 heavy (non-hydrogen) atoms. The molecule has 1 saturated heterocycles.